The summed E-state index contributed by atoms with van der Waals surface area (Å²) in [6.45, 7) is 5.80. The van der Waals surface area contributed by atoms with Crippen LogP contribution in [0.5, 0.6) is 0 Å². The number of piperazine rings is 1. The highest BCUT2D eigenvalue weighted by Gasteiger charge is 2.32. The van der Waals surface area contributed by atoms with Gasteiger partial charge in [-0.25, -0.2) is 4.39 Å². The molecule has 0 bridgehead atoms. The van der Waals surface area contributed by atoms with Crippen LogP contribution in [0.2, 0.25) is 0 Å². The Kier molecular flexibility index (Phi) is 7.35. The van der Waals surface area contributed by atoms with Gasteiger partial charge in [0, 0.05) is 62.3 Å². The molecule has 1 saturated heterocycles. The molecule has 9 heteroatoms. The lowest BCUT2D eigenvalue weighted by Crippen LogP contribution is -2.54. The van der Waals surface area contributed by atoms with E-state index < -0.39 is 10.2 Å². The summed E-state index contributed by atoms with van der Waals surface area (Å²) in [5, 5.41) is 0.779. The van der Waals surface area contributed by atoms with E-state index in [1.54, 1.807) is 11.0 Å². The van der Waals surface area contributed by atoms with E-state index in [0.29, 0.717) is 32.6 Å². The molecule has 0 atom stereocenters. The number of rotatable bonds is 8. The fourth-order valence-corrected chi connectivity index (χ4v) is 6.21. The molecule has 0 unspecified atom stereocenters. The molecule has 182 valence electrons. The van der Waals surface area contributed by atoms with Gasteiger partial charge in [0.2, 0.25) is 5.91 Å². The molecule has 2 aromatic carbocycles. The number of fused-ring (bicyclic) bond motifs is 1. The van der Waals surface area contributed by atoms with E-state index in [1.165, 1.54) is 20.7 Å². The lowest BCUT2D eigenvalue weighted by atomic mass is 10.0. The van der Waals surface area contributed by atoms with E-state index in [2.05, 4.69) is 4.98 Å². The Morgan fingerprint density at radius 1 is 1.03 bits per heavy atom. The van der Waals surface area contributed by atoms with Gasteiger partial charge in [0.25, 0.3) is 10.2 Å². The van der Waals surface area contributed by atoms with Crippen molar-refractivity contribution in [2.45, 2.75) is 26.7 Å². The first-order valence-corrected chi connectivity index (χ1v) is 13.1. The van der Waals surface area contributed by atoms with Crippen LogP contribution in [0.1, 0.15) is 25.8 Å². The Bertz CT molecular complexity index is 1250. The first-order chi connectivity index (χ1) is 16.3. The van der Waals surface area contributed by atoms with Gasteiger partial charge in [-0.05, 0) is 35.7 Å². The van der Waals surface area contributed by atoms with Crippen LogP contribution in [0.25, 0.3) is 22.2 Å². The van der Waals surface area contributed by atoms with Gasteiger partial charge in [-0.15, -0.1) is 0 Å². The van der Waals surface area contributed by atoms with Gasteiger partial charge in [-0.3, -0.25) is 4.79 Å². The SMILES string of the molecule is CCN(CC)S(=O)(=O)N1CCN(C(=O)CCc2c(-c3ccccc3)[nH]c3ccc(F)cc23)CC1. The zero-order chi connectivity index (χ0) is 24.3. The maximum atomic E-state index is 14.0. The molecule has 0 spiro atoms. The molecule has 0 radical (unpaired) electrons. The van der Waals surface area contributed by atoms with E-state index >= 15 is 0 Å². The third-order valence-electron chi connectivity index (χ3n) is 6.47. The van der Waals surface area contributed by atoms with Crippen molar-refractivity contribution in [1.82, 2.24) is 18.5 Å². The minimum atomic E-state index is -3.50. The van der Waals surface area contributed by atoms with Gasteiger partial charge in [0.1, 0.15) is 5.82 Å². The first-order valence-electron chi connectivity index (χ1n) is 11.7. The Morgan fingerprint density at radius 2 is 1.71 bits per heavy atom. The van der Waals surface area contributed by atoms with Gasteiger partial charge >= 0.3 is 0 Å². The normalized spacial score (nSPS) is 15.4. The minimum Gasteiger partial charge on any atom is -0.354 e. The zero-order valence-corrected chi connectivity index (χ0v) is 20.4. The summed E-state index contributed by atoms with van der Waals surface area (Å²) in [7, 11) is -3.50. The Hall–Kier alpha value is -2.75. The fourth-order valence-electron chi connectivity index (χ4n) is 4.60. The first kappa shape index (κ1) is 24.4. The molecule has 1 amide bonds. The summed E-state index contributed by atoms with van der Waals surface area (Å²) >= 11 is 0. The molecule has 7 nitrogen and oxygen atoms in total. The smallest absolute Gasteiger partial charge is 0.282 e. The van der Waals surface area contributed by atoms with Crippen molar-refractivity contribution in [3.63, 3.8) is 0 Å². The number of hydrogen-bond donors (Lipinski definition) is 1. The molecular weight excluding hydrogens is 455 g/mol. The van der Waals surface area contributed by atoms with Crippen LogP contribution in [-0.2, 0) is 21.4 Å². The third-order valence-corrected chi connectivity index (χ3v) is 8.66. The number of nitrogens with one attached hydrogen (secondary N) is 1. The molecule has 1 fully saturated rings. The maximum Gasteiger partial charge on any atom is 0.282 e. The minimum absolute atomic E-state index is 0.0235. The molecule has 1 aromatic heterocycles. The second-order valence-electron chi connectivity index (χ2n) is 8.41. The average Bonchev–Trinajstić information content (AvgIpc) is 3.21. The predicted molar refractivity (Wildman–Crippen MR) is 132 cm³/mol. The summed E-state index contributed by atoms with van der Waals surface area (Å²) < 4.78 is 42.4. The van der Waals surface area contributed by atoms with Gasteiger partial charge in [-0.1, -0.05) is 44.2 Å². The Balaban J connectivity index is 1.47. The molecule has 0 aliphatic carbocycles. The number of carbonyl (C=O) groups excluding carboxylic acids is 1. The summed E-state index contributed by atoms with van der Waals surface area (Å²) in [5.74, 6) is -0.339. The molecule has 34 heavy (non-hydrogen) atoms. The topological polar surface area (TPSA) is 76.7 Å². The highest BCUT2D eigenvalue weighted by molar-refractivity contribution is 7.86. The van der Waals surface area contributed by atoms with Crippen LogP contribution in [0, 0.1) is 5.82 Å². The number of halogens is 1. The third kappa shape index (κ3) is 4.87. The van der Waals surface area contributed by atoms with Crippen molar-refractivity contribution in [3.05, 3.63) is 59.9 Å². The average molecular weight is 487 g/mol. The standard InChI is InChI=1S/C25H31FN4O3S/c1-3-29(4-2)34(32,33)30-16-14-28(15-17-30)24(31)13-11-21-22-18-20(26)10-12-23(22)27-25(21)19-8-6-5-7-9-19/h5-10,12,18,27H,3-4,11,13-17H2,1-2H3. The predicted octanol–water partition coefficient (Wildman–Crippen LogP) is 3.64. The molecule has 0 saturated carbocycles. The van der Waals surface area contributed by atoms with Crippen LogP contribution in [-0.4, -0.2) is 72.1 Å². The van der Waals surface area contributed by atoms with Gasteiger partial charge in [0.05, 0.1) is 0 Å². The summed E-state index contributed by atoms with van der Waals surface area (Å²) in [4.78, 5) is 18.1. The lowest BCUT2D eigenvalue weighted by molar-refractivity contribution is -0.132. The summed E-state index contributed by atoms with van der Waals surface area (Å²) in [6, 6.07) is 14.5. The fraction of sp³-hybridized carbons (Fsp3) is 0.400. The zero-order valence-electron chi connectivity index (χ0n) is 19.6. The van der Waals surface area contributed by atoms with Gasteiger partial charge in [-0.2, -0.15) is 17.0 Å². The van der Waals surface area contributed by atoms with Gasteiger partial charge < -0.3 is 9.88 Å². The number of H-pyrrole nitrogens is 1. The van der Waals surface area contributed by atoms with E-state index in [0.717, 1.165) is 27.7 Å². The van der Waals surface area contributed by atoms with Crippen molar-refractivity contribution in [1.29, 1.82) is 0 Å². The van der Waals surface area contributed by atoms with Crippen LogP contribution >= 0.6 is 0 Å². The number of hydrogen-bond acceptors (Lipinski definition) is 3. The number of benzene rings is 2. The van der Waals surface area contributed by atoms with E-state index in [1.807, 2.05) is 44.2 Å². The number of carbonyl (C=O) groups is 1. The largest absolute Gasteiger partial charge is 0.354 e. The van der Waals surface area contributed by atoms with Crippen molar-refractivity contribution >= 4 is 27.0 Å². The number of nitrogens with zero attached hydrogens (tertiary/aromatic N) is 3. The summed E-state index contributed by atoms with van der Waals surface area (Å²) in [5.41, 5.74) is 3.62. The van der Waals surface area contributed by atoms with E-state index in [-0.39, 0.29) is 31.2 Å². The van der Waals surface area contributed by atoms with Crippen molar-refractivity contribution in [3.8, 4) is 11.3 Å². The lowest BCUT2D eigenvalue weighted by Gasteiger charge is -2.36. The van der Waals surface area contributed by atoms with Crippen molar-refractivity contribution in [2.24, 2.45) is 0 Å². The van der Waals surface area contributed by atoms with Crippen molar-refractivity contribution in [2.75, 3.05) is 39.3 Å². The highest BCUT2D eigenvalue weighted by Crippen LogP contribution is 2.32. The van der Waals surface area contributed by atoms with Crippen LogP contribution < -0.4 is 0 Å². The Labute approximate surface area is 200 Å². The number of aryl methyl sites for hydroxylation is 1. The second kappa shape index (κ2) is 10.2. The maximum absolute atomic E-state index is 14.0. The summed E-state index contributed by atoms with van der Waals surface area (Å²) in [6.07, 6.45) is 0.733. The monoisotopic (exact) mass is 486 g/mol. The molecule has 3 aromatic rings. The number of aromatic nitrogens is 1. The molecule has 4 rings (SSSR count). The van der Waals surface area contributed by atoms with Crippen LogP contribution in [0.15, 0.2) is 48.5 Å². The van der Waals surface area contributed by atoms with E-state index in [9.17, 15) is 17.6 Å². The quantitative estimate of drug-likeness (QED) is 0.528. The molecule has 1 aliphatic heterocycles. The number of aromatic amines is 1. The molecule has 1 N–H and O–H groups in total. The van der Waals surface area contributed by atoms with Crippen LogP contribution in [0.3, 0.4) is 0 Å². The van der Waals surface area contributed by atoms with E-state index in [4.69, 9.17) is 0 Å². The number of amides is 1. The van der Waals surface area contributed by atoms with Crippen LogP contribution in [0.4, 0.5) is 4.39 Å². The highest BCUT2D eigenvalue weighted by atomic mass is 32.2. The second-order valence-corrected chi connectivity index (χ2v) is 10.3. The van der Waals surface area contributed by atoms with Gasteiger partial charge in [0.15, 0.2) is 0 Å². The molecular formula is C25H31FN4O3S. The Morgan fingerprint density at radius 3 is 2.35 bits per heavy atom. The van der Waals surface area contributed by atoms with Crippen molar-refractivity contribution < 1.29 is 17.6 Å². The molecule has 1 aliphatic rings. The molecule has 2 heterocycles.